The summed E-state index contributed by atoms with van der Waals surface area (Å²) in [6, 6.07) is 0. The molecule has 0 unspecified atom stereocenters. The first kappa shape index (κ1) is 2.39. The highest BCUT2D eigenvalue weighted by Crippen LogP contribution is 2.03. The minimum Gasteiger partial charge on any atom is -0.221 e. The van der Waals surface area contributed by atoms with E-state index in [2.05, 4.69) is 15.0 Å². The summed E-state index contributed by atoms with van der Waals surface area (Å²) in [4.78, 5) is 10.2. The van der Waals surface area contributed by atoms with Crippen molar-refractivity contribution in [3.05, 3.63) is 17.4 Å². The minimum atomic E-state index is -3.46. The Hall–Kier alpha value is -0.700. The van der Waals surface area contributed by atoms with Crippen LogP contribution >= 0.6 is 11.6 Å². The zero-order chi connectivity index (χ0) is 16.0. The average Bonchev–Trinajstić information content (AvgIpc) is 2.24. The molecule has 0 spiro atoms. The molecule has 0 amide bonds. The van der Waals surface area contributed by atoms with Crippen molar-refractivity contribution in [2.75, 3.05) is 0 Å². The Morgan fingerprint density at radius 3 is 3.27 bits per heavy atom. The molecule has 0 aromatic carbocycles. The molecule has 1 rings (SSSR count). The molecule has 11 heavy (non-hydrogen) atoms. The van der Waals surface area contributed by atoms with Crippen LogP contribution in [0.4, 0.5) is 0 Å². The van der Waals surface area contributed by atoms with Gasteiger partial charge < -0.3 is 0 Å². The van der Waals surface area contributed by atoms with Crippen molar-refractivity contribution in [3.63, 3.8) is 0 Å². The first-order valence-electron chi connectivity index (χ1n) is 7.10. The molecular weight excluding hydrogens is 162 g/mol. The van der Waals surface area contributed by atoms with Gasteiger partial charge in [-0.3, -0.25) is 0 Å². The molecule has 1 aromatic rings. The number of hydrogen-bond donors (Lipinski definition) is 0. The lowest BCUT2D eigenvalue weighted by molar-refractivity contribution is 0.617. The predicted molar refractivity (Wildman–Crippen MR) is 43.4 cm³/mol. The van der Waals surface area contributed by atoms with Crippen molar-refractivity contribution in [2.24, 2.45) is 5.89 Å². The third-order valence-corrected chi connectivity index (χ3v) is 0.961. The predicted octanol–water partition coefficient (Wildman–Crippen LogP) is 1.72. The summed E-state index contributed by atoms with van der Waals surface area (Å²) >= 11 is 5.46. The second-order valence-corrected chi connectivity index (χ2v) is 1.92. The van der Waals surface area contributed by atoms with Gasteiger partial charge in [0.1, 0.15) is 12.2 Å². The van der Waals surface area contributed by atoms with E-state index in [1.807, 2.05) is 0 Å². The molecule has 1 heterocycles. The highest BCUT2D eigenvalue weighted by atomic mass is 35.5. The second-order valence-electron chi connectivity index (χ2n) is 1.58. The van der Waals surface area contributed by atoms with Crippen LogP contribution in [0.1, 0.15) is 31.9 Å². The molecule has 0 N–H and O–H groups in total. The van der Waals surface area contributed by atoms with E-state index in [1.54, 1.807) is 0 Å². The lowest BCUT2D eigenvalue weighted by Gasteiger charge is -2.01. The molecule has 0 saturated carbocycles. The van der Waals surface area contributed by atoms with Gasteiger partial charge in [0.25, 0.3) is 0 Å². The van der Waals surface area contributed by atoms with Crippen molar-refractivity contribution in [1.29, 1.82) is 0 Å². The molecule has 0 saturated heterocycles. The highest BCUT2D eigenvalue weighted by molar-refractivity contribution is 6.28. The maximum atomic E-state index is 7.79. The van der Waals surface area contributed by atoms with Crippen molar-refractivity contribution in [2.45, 2.75) is 20.1 Å². The SMILES string of the molecule is [2H]C([2H])([2H])C([2H])(C([2H])([2H])[2H])C([2H])([2H])c1ncnc(Cl)n1. The van der Waals surface area contributed by atoms with Crippen LogP contribution in [-0.2, 0) is 6.37 Å². The summed E-state index contributed by atoms with van der Waals surface area (Å²) < 4.78 is 66.8. The Morgan fingerprint density at radius 1 is 1.82 bits per heavy atom. The van der Waals surface area contributed by atoms with Gasteiger partial charge in [0, 0.05) is 18.7 Å². The van der Waals surface area contributed by atoms with Crippen molar-refractivity contribution >= 4 is 11.6 Å². The van der Waals surface area contributed by atoms with Gasteiger partial charge in [-0.2, -0.15) is 0 Å². The van der Waals surface area contributed by atoms with E-state index in [9.17, 15) is 0 Å². The van der Waals surface area contributed by atoms with Crippen molar-refractivity contribution < 1.29 is 12.3 Å². The molecule has 0 aliphatic carbocycles. The number of halogens is 1. The van der Waals surface area contributed by atoms with Crippen LogP contribution in [0.5, 0.6) is 0 Å². The Bertz CT molecular complexity index is 483. The third-order valence-electron chi connectivity index (χ3n) is 0.779. The van der Waals surface area contributed by atoms with Gasteiger partial charge in [0.15, 0.2) is 0 Å². The molecule has 3 nitrogen and oxygen atoms in total. The highest BCUT2D eigenvalue weighted by Gasteiger charge is 2.00. The van der Waals surface area contributed by atoms with Gasteiger partial charge in [-0.15, -0.1) is 0 Å². The van der Waals surface area contributed by atoms with Crippen LogP contribution in [0.15, 0.2) is 6.33 Å². The Balaban J connectivity index is 3.56. The van der Waals surface area contributed by atoms with E-state index in [0.717, 1.165) is 6.33 Å². The minimum absolute atomic E-state index is 0.433. The summed E-state index contributed by atoms with van der Waals surface area (Å²) in [6.45, 7) is -6.89. The number of aromatic nitrogens is 3. The summed E-state index contributed by atoms with van der Waals surface area (Å²) in [5, 5.41) is -0.433. The van der Waals surface area contributed by atoms with Gasteiger partial charge >= 0.3 is 0 Å². The molecule has 0 aliphatic rings. The van der Waals surface area contributed by atoms with E-state index < -0.39 is 37.1 Å². The third kappa shape index (κ3) is 2.80. The van der Waals surface area contributed by atoms with Crippen molar-refractivity contribution in [1.82, 2.24) is 15.0 Å². The fourth-order valence-electron chi connectivity index (χ4n) is 0.448. The molecule has 0 fully saturated rings. The van der Waals surface area contributed by atoms with Crippen LogP contribution < -0.4 is 0 Å². The smallest absolute Gasteiger partial charge is 0.221 e. The van der Waals surface area contributed by atoms with E-state index in [4.69, 9.17) is 23.9 Å². The fraction of sp³-hybridized carbons (Fsp3) is 0.571. The normalized spacial score (nSPS) is 27.2. The summed E-state index contributed by atoms with van der Waals surface area (Å²) in [5.41, 5.74) is 0. The number of hydrogen-bond acceptors (Lipinski definition) is 3. The van der Waals surface area contributed by atoms with E-state index in [0.29, 0.717) is 0 Å². The largest absolute Gasteiger partial charge is 0.225 e. The first-order chi connectivity index (χ1) is 8.75. The standard InChI is InChI=1S/C7H10ClN3/c1-5(2)3-6-9-4-10-7(8)11-6/h4-5H,3H2,1-2H3/i1D3,2D3,3D2,5D. The average molecular weight is 181 g/mol. The molecular formula is C7H10ClN3. The van der Waals surface area contributed by atoms with Gasteiger partial charge in [0.05, 0.1) is 0 Å². The quantitative estimate of drug-likeness (QED) is 0.696. The summed E-state index contributed by atoms with van der Waals surface area (Å²) in [5.74, 6) is -4.28. The summed E-state index contributed by atoms with van der Waals surface area (Å²) in [6.07, 6.45) is -2.39. The van der Waals surface area contributed by atoms with Gasteiger partial charge in [-0.05, 0) is 17.5 Å². The van der Waals surface area contributed by atoms with E-state index in [1.165, 1.54) is 0 Å². The van der Waals surface area contributed by atoms with E-state index >= 15 is 0 Å². The van der Waals surface area contributed by atoms with Gasteiger partial charge in [-0.1, -0.05) is 13.7 Å². The lowest BCUT2D eigenvalue weighted by atomic mass is 10.1. The monoisotopic (exact) mass is 180 g/mol. The molecule has 0 atom stereocenters. The van der Waals surface area contributed by atoms with Crippen LogP contribution in [0.2, 0.25) is 5.28 Å². The Morgan fingerprint density at radius 2 is 2.64 bits per heavy atom. The first-order valence-corrected chi connectivity index (χ1v) is 2.98. The van der Waals surface area contributed by atoms with Crippen LogP contribution in [0, 0.1) is 5.89 Å². The summed E-state index contributed by atoms with van der Waals surface area (Å²) in [7, 11) is 0. The molecule has 0 aliphatic heterocycles. The number of rotatable bonds is 2. The molecule has 0 radical (unpaired) electrons. The van der Waals surface area contributed by atoms with Gasteiger partial charge in [-0.25, -0.2) is 15.0 Å². The maximum absolute atomic E-state index is 7.79. The Kier molecular flexibility index (Phi) is 0.787. The van der Waals surface area contributed by atoms with Crippen LogP contribution in [0.3, 0.4) is 0 Å². The molecule has 4 heteroatoms. The zero-order valence-electron chi connectivity index (χ0n) is 14.3. The lowest BCUT2D eigenvalue weighted by Crippen LogP contribution is -2.01. The topological polar surface area (TPSA) is 38.7 Å². The van der Waals surface area contributed by atoms with Crippen LogP contribution in [0.25, 0.3) is 0 Å². The molecule has 60 valence electrons. The fourth-order valence-corrected chi connectivity index (χ4v) is 0.572. The van der Waals surface area contributed by atoms with Crippen LogP contribution in [-0.4, -0.2) is 15.0 Å². The Labute approximate surface area is 83.5 Å². The molecule has 0 bridgehead atoms. The molecule has 1 aromatic heterocycles. The van der Waals surface area contributed by atoms with Crippen molar-refractivity contribution in [3.8, 4) is 0 Å². The second kappa shape index (κ2) is 3.62. The number of nitrogens with zero attached hydrogens (tertiary/aromatic N) is 3. The van der Waals surface area contributed by atoms with Gasteiger partial charge in [0.2, 0.25) is 5.28 Å². The maximum Gasteiger partial charge on any atom is 0.225 e. The van der Waals surface area contributed by atoms with E-state index in [-0.39, 0.29) is 0 Å². The zero-order valence-corrected chi connectivity index (χ0v) is 6.05.